The van der Waals surface area contributed by atoms with Crippen molar-refractivity contribution in [2.24, 2.45) is 0 Å². The maximum atomic E-state index is 13.1. The fourth-order valence-corrected chi connectivity index (χ4v) is 1.59. The number of halogens is 1. The molecule has 0 atom stereocenters. The third kappa shape index (κ3) is 2.94. The average molecular weight is 244 g/mol. The zero-order valence-electron chi connectivity index (χ0n) is 10.0. The normalized spacial score (nSPS) is 10.1. The number of ether oxygens (including phenoxy) is 1. The van der Waals surface area contributed by atoms with Gasteiger partial charge in [-0.25, -0.2) is 4.39 Å². The van der Waals surface area contributed by atoms with Crippen LogP contribution in [0, 0.1) is 12.7 Å². The van der Waals surface area contributed by atoms with Crippen LogP contribution in [0.4, 0.5) is 4.39 Å². The fraction of sp³-hybridized carbons (Fsp3) is 0.133. The van der Waals surface area contributed by atoms with E-state index in [9.17, 15) is 9.18 Å². The number of aryl methyl sites for hydroxylation is 1. The largest absolute Gasteiger partial charge is 0.485 e. The SMILES string of the molecule is Cc1cc(F)ccc(OCc2ccccc2)c1=O. The van der Waals surface area contributed by atoms with Crippen molar-refractivity contribution in [1.82, 2.24) is 0 Å². The first-order valence-electron chi connectivity index (χ1n) is 5.64. The molecule has 2 aromatic carbocycles. The van der Waals surface area contributed by atoms with Gasteiger partial charge in [-0.15, -0.1) is 0 Å². The maximum Gasteiger partial charge on any atom is 0.223 e. The van der Waals surface area contributed by atoms with Gasteiger partial charge in [0.05, 0.1) is 0 Å². The topological polar surface area (TPSA) is 26.3 Å². The van der Waals surface area contributed by atoms with Crippen molar-refractivity contribution in [2.45, 2.75) is 13.5 Å². The first-order valence-corrected chi connectivity index (χ1v) is 5.64. The summed E-state index contributed by atoms with van der Waals surface area (Å²) in [7, 11) is 0. The highest BCUT2D eigenvalue weighted by Crippen LogP contribution is 2.09. The van der Waals surface area contributed by atoms with Crippen molar-refractivity contribution in [2.75, 3.05) is 0 Å². The third-order valence-corrected chi connectivity index (χ3v) is 2.57. The number of rotatable bonds is 3. The predicted octanol–water partition coefficient (Wildman–Crippen LogP) is 3.07. The molecule has 0 aliphatic heterocycles. The standard InChI is InChI=1S/C15H13FO2/c1-11-9-13(16)7-8-14(15(11)17)18-10-12-5-3-2-4-6-12/h2-9H,10H2,1H3. The van der Waals surface area contributed by atoms with Gasteiger partial charge in [-0.05, 0) is 30.7 Å². The molecular formula is C15H13FO2. The van der Waals surface area contributed by atoms with Crippen molar-refractivity contribution >= 4 is 0 Å². The Bertz CT molecular complexity index is 594. The predicted molar refractivity (Wildman–Crippen MR) is 68.2 cm³/mol. The van der Waals surface area contributed by atoms with Crippen molar-refractivity contribution in [1.29, 1.82) is 0 Å². The monoisotopic (exact) mass is 244 g/mol. The Labute approximate surface area is 105 Å². The van der Waals surface area contributed by atoms with E-state index in [1.165, 1.54) is 18.2 Å². The van der Waals surface area contributed by atoms with Gasteiger partial charge in [0.15, 0.2) is 5.75 Å². The van der Waals surface area contributed by atoms with Crippen molar-refractivity contribution in [3.05, 3.63) is 75.7 Å². The summed E-state index contributed by atoms with van der Waals surface area (Å²) in [5.74, 6) is -0.278. The van der Waals surface area contributed by atoms with E-state index in [-0.39, 0.29) is 11.2 Å². The Morgan fingerprint density at radius 3 is 2.56 bits per heavy atom. The van der Waals surface area contributed by atoms with Crippen LogP contribution in [0.5, 0.6) is 5.75 Å². The molecule has 0 saturated carbocycles. The molecule has 18 heavy (non-hydrogen) atoms. The lowest BCUT2D eigenvalue weighted by Gasteiger charge is -2.03. The molecule has 0 amide bonds. The first kappa shape index (κ1) is 12.3. The lowest BCUT2D eigenvalue weighted by Crippen LogP contribution is -2.07. The van der Waals surface area contributed by atoms with E-state index in [2.05, 4.69) is 0 Å². The fourth-order valence-electron chi connectivity index (χ4n) is 1.59. The molecule has 0 radical (unpaired) electrons. The Morgan fingerprint density at radius 1 is 1.11 bits per heavy atom. The van der Waals surface area contributed by atoms with Crippen LogP contribution in [0.3, 0.4) is 0 Å². The van der Waals surface area contributed by atoms with Gasteiger partial charge in [0.1, 0.15) is 12.4 Å². The second-order valence-electron chi connectivity index (χ2n) is 4.01. The molecule has 0 fully saturated rings. The quantitative estimate of drug-likeness (QED) is 0.829. The first-order chi connectivity index (χ1) is 8.66. The Morgan fingerprint density at radius 2 is 1.83 bits per heavy atom. The van der Waals surface area contributed by atoms with Crippen LogP contribution in [-0.4, -0.2) is 0 Å². The van der Waals surface area contributed by atoms with Crippen LogP contribution in [-0.2, 0) is 6.61 Å². The molecule has 0 aromatic heterocycles. The summed E-state index contributed by atoms with van der Waals surface area (Å²) in [6, 6.07) is 13.3. The second-order valence-corrected chi connectivity index (χ2v) is 4.01. The summed E-state index contributed by atoms with van der Waals surface area (Å²) in [6.07, 6.45) is 0. The second kappa shape index (κ2) is 5.45. The highest BCUT2D eigenvalue weighted by Gasteiger charge is 2.03. The minimum absolute atomic E-state index is 0.167. The van der Waals surface area contributed by atoms with Gasteiger partial charge in [-0.2, -0.15) is 0 Å². The number of benzene rings is 1. The van der Waals surface area contributed by atoms with Crippen LogP contribution in [0.1, 0.15) is 11.1 Å². The molecule has 92 valence electrons. The maximum absolute atomic E-state index is 13.1. The molecule has 0 heterocycles. The van der Waals surface area contributed by atoms with Crippen molar-refractivity contribution < 1.29 is 9.13 Å². The summed E-state index contributed by atoms with van der Waals surface area (Å²) in [5.41, 5.74) is 1.01. The van der Waals surface area contributed by atoms with Crippen LogP contribution in [0.15, 0.2) is 53.3 Å². The number of hydrogen-bond acceptors (Lipinski definition) is 2. The lowest BCUT2D eigenvalue weighted by molar-refractivity contribution is 0.303. The summed E-state index contributed by atoms with van der Waals surface area (Å²) in [4.78, 5) is 11.9. The van der Waals surface area contributed by atoms with E-state index in [1.54, 1.807) is 6.92 Å². The molecule has 0 bridgehead atoms. The molecule has 0 saturated heterocycles. The molecule has 0 aliphatic carbocycles. The highest BCUT2D eigenvalue weighted by atomic mass is 19.1. The van der Waals surface area contributed by atoms with Crippen LogP contribution < -0.4 is 10.2 Å². The molecule has 0 unspecified atom stereocenters. The van der Waals surface area contributed by atoms with Gasteiger partial charge in [-0.1, -0.05) is 30.3 Å². The molecular weight excluding hydrogens is 231 g/mol. The lowest BCUT2D eigenvalue weighted by atomic mass is 10.2. The van der Waals surface area contributed by atoms with E-state index < -0.39 is 5.82 Å². The molecule has 0 aliphatic rings. The summed E-state index contributed by atoms with van der Waals surface area (Å²) >= 11 is 0. The molecule has 2 nitrogen and oxygen atoms in total. The van der Waals surface area contributed by atoms with Gasteiger partial charge in [0.25, 0.3) is 0 Å². The Kier molecular flexibility index (Phi) is 3.72. The summed E-state index contributed by atoms with van der Waals surface area (Å²) in [6.45, 7) is 1.86. The van der Waals surface area contributed by atoms with Crippen LogP contribution >= 0.6 is 0 Å². The highest BCUT2D eigenvalue weighted by molar-refractivity contribution is 5.27. The van der Waals surface area contributed by atoms with Crippen molar-refractivity contribution in [3.8, 4) is 5.75 Å². The van der Waals surface area contributed by atoms with E-state index in [0.29, 0.717) is 12.2 Å². The Balaban J connectivity index is 2.23. The molecule has 0 spiro atoms. The minimum Gasteiger partial charge on any atom is -0.485 e. The van der Waals surface area contributed by atoms with Crippen LogP contribution in [0.25, 0.3) is 0 Å². The summed E-state index contributed by atoms with van der Waals surface area (Å²) < 4.78 is 18.6. The van der Waals surface area contributed by atoms with E-state index in [0.717, 1.165) is 5.56 Å². The van der Waals surface area contributed by atoms with Gasteiger partial charge in [-0.3, -0.25) is 4.79 Å². The van der Waals surface area contributed by atoms with E-state index in [1.807, 2.05) is 30.3 Å². The van der Waals surface area contributed by atoms with Gasteiger partial charge in [0, 0.05) is 5.56 Å². The zero-order chi connectivity index (χ0) is 13.0. The average Bonchev–Trinajstić information content (AvgIpc) is 2.50. The van der Waals surface area contributed by atoms with Gasteiger partial charge >= 0.3 is 0 Å². The molecule has 2 aromatic rings. The van der Waals surface area contributed by atoms with Gasteiger partial charge in [0.2, 0.25) is 5.43 Å². The van der Waals surface area contributed by atoms with Gasteiger partial charge < -0.3 is 4.74 Å². The number of hydrogen-bond donors (Lipinski definition) is 0. The van der Waals surface area contributed by atoms with Crippen molar-refractivity contribution in [3.63, 3.8) is 0 Å². The molecule has 3 heteroatoms. The molecule has 0 N–H and O–H groups in total. The Hall–Kier alpha value is -2.16. The minimum atomic E-state index is -0.445. The smallest absolute Gasteiger partial charge is 0.223 e. The van der Waals surface area contributed by atoms with E-state index in [4.69, 9.17) is 4.74 Å². The zero-order valence-corrected chi connectivity index (χ0v) is 10.0. The van der Waals surface area contributed by atoms with E-state index >= 15 is 0 Å². The van der Waals surface area contributed by atoms with Crippen LogP contribution in [0.2, 0.25) is 0 Å². The summed E-state index contributed by atoms with van der Waals surface area (Å²) in [5, 5.41) is 0. The molecule has 2 rings (SSSR count). The third-order valence-electron chi connectivity index (χ3n) is 2.57.